The van der Waals surface area contributed by atoms with Gasteiger partial charge in [-0.25, -0.2) is 0 Å². The lowest BCUT2D eigenvalue weighted by molar-refractivity contribution is -0.148. The van der Waals surface area contributed by atoms with Crippen molar-refractivity contribution >= 4 is 34.2 Å². The summed E-state index contributed by atoms with van der Waals surface area (Å²) in [5.41, 5.74) is 0.911. The predicted octanol–water partition coefficient (Wildman–Crippen LogP) is 3.27. The summed E-state index contributed by atoms with van der Waals surface area (Å²) in [6.45, 7) is 4.21. The Morgan fingerprint density at radius 1 is 1.26 bits per heavy atom. The molecule has 4 nitrogen and oxygen atoms in total. The van der Waals surface area contributed by atoms with Crippen LogP contribution in [0.5, 0.6) is 0 Å². The lowest BCUT2D eigenvalue weighted by atomic mass is 10.0. The van der Waals surface area contributed by atoms with Gasteiger partial charge in [-0.15, -0.1) is 0 Å². The molecule has 0 aliphatic carbocycles. The fourth-order valence-electron chi connectivity index (χ4n) is 2.75. The lowest BCUT2D eigenvalue weighted by Gasteiger charge is -2.32. The maximum absolute atomic E-state index is 13.1. The maximum atomic E-state index is 13.1. The van der Waals surface area contributed by atoms with Crippen LogP contribution in [0.1, 0.15) is 25.5 Å². The highest BCUT2D eigenvalue weighted by Gasteiger charge is 2.41. The topological polar surface area (TPSA) is 38.8 Å². The van der Waals surface area contributed by atoms with Crippen LogP contribution in [0.4, 0.5) is 0 Å². The number of methoxy groups -OCH3 is 2. The molecule has 3 atom stereocenters. The van der Waals surface area contributed by atoms with Crippen molar-refractivity contribution in [3.8, 4) is 0 Å². The highest BCUT2D eigenvalue weighted by Crippen LogP contribution is 2.32. The van der Waals surface area contributed by atoms with Crippen molar-refractivity contribution in [2.75, 3.05) is 20.0 Å². The number of hydrogen-bond acceptors (Lipinski definition) is 5. The molecule has 23 heavy (non-hydrogen) atoms. The smallest absolute Gasteiger partial charge is 0.260 e. The van der Waals surface area contributed by atoms with Crippen LogP contribution in [0.3, 0.4) is 0 Å². The maximum Gasteiger partial charge on any atom is 0.260 e. The predicted molar refractivity (Wildman–Crippen MR) is 97.5 cm³/mol. The molecule has 6 heteroatoms. The van der Waals surface area contributed by atoms with E-state index in [-0.39, 0.29) is 11.9 Å². The first-order valence-corrected chi connectivity index (χ1v) is 9.01. The van der Waals surface area contributed by atoms with Crippen molar-refractivity contribution in [2.45, 2.75) is 32.1 Å². The second kappa shape index (κ2) is 8.24. The van der Waals surface area contributed by atoms with Gasteiger partial charge in [-0.3, -0.25) is 9.69 Å². The Morgan fingerprint density at radius 3 is 2.43 bits per heavy atom. The van der Waals surface area contributed by atoms with Crippen molar-refractivity contribution < 1.29 is 14.3 Å². The van der Waals surface area contributed by atoms with E-state index in [9.17, 15) is 4.79 Å². The van der Waals surface area contributed by atoms with Crippen LogP contribution < -0.4 is 0 Å². The van der Waals surface area contributed by atoms with E-state index in [1.54, 1.807) is 23.8 Å². The number of nitrogens with zero attached hydrogens (tertiary/aromatic N) is 1. The zero-order valence-corrected chi connectivity index (χ0v) is 15.5. The molecule has 0 radical (unpaired) electrons. The van der Waals surface area contributed by atoms with E-state index in [1.807, 2.05) is 30.3 Å². The van der Waals surface area contributed by atoms with Crippen LogP contribution in [-0.2, 0) is 14.3 Å². The van der Waals surface area contributed by atoms with Crippen LogP contribution in [0.2, 0.25) is 0 Å². The second-order valence-electron chi connectivity index (χ2n) is 5.82. The van der Waals surface area contributed by atoms with Gasteiger partial charge in [0, 0.05) is 20.0 Å². The number of ether oxygens (including phenoxy) is 2. The Kier molecular flexibility index (Phi) is 6.59. The molecule has 1 amide bonds. The fourth-order valence-corrected chi connectivity index (χ4v) is 4.39. The van der Waals surface area contributed by atoms with Gasteiger partial charge in [-0.1, -0.05) is 68.2 Å². The molecule has 1 fully saturated rings. The molecule has 126 valence electrons. The molecule has 0 spiro atoms. The van der Waals surface area contributed by atoms with E-state index in [0.29, 0.717) is 10.2 Å². The molecular weight excluding hydrogens is 330 g/mol. The van der Waals surface area contributed by atoms with Crippen molar-refractivity contribution in [3.63, 3.8) is 0 Å². The van der Waals surface area contributed by atoms with Crippen molar-refractivity contribution in [2.24, 2.45) is 5.92 Å². The average molecular weight is 354 g/mol. The van der Waals surface area contributed by atoms with Crippen LogP contribution in [0, 0.1) is 5.92 Å². The van der Waals surface area contributed by atoms with Gasteiger partial charge in [0.1, 0.15) is 10.4 Å². The first-order valence-electron chi connectivity index (χ1n) is 7.61. The van der Waals surface area contributed by atoms with Gasteiger partial charge in [-0.2, -0.15) is 0 Å². The zero-order valence-electron chi connectivity index (χ0n) is 13.9. The summed E-state index contributed by atoms with van der Waals surface area (Å²) >= 11 is 6.94. The van der Waals surface area contributed by atoms with Gasteiger partial charge in [0.2, 0.25) is 0 Å². The Labute approximate surface area is 147 Å². The minimum Gasteiger partial charge on any atom is -0.373 e. The summed E-state index contributed by atoms with van der Waals surface area (Å²) in [4.78, 5) is 14.8. The van der Waals surface area contributed by atoms with Crippen LogP contribution in [0.15, 0.2) is 30.3 Å². The number of rotatable bonds is 6. The molecule has 0 bridgehead atoms. The van der Waals surface area contributed by atoms with E-state index in [2.05, 4.69) is 13.8 Å². The summed E-state index contributed by atoms with van der Waals surface area (Å²) in [6.07, 6.45) is -1.18. The van der Waals surface area contributed by atoms with Gasteiger partial charge in [0.05, 0.1) is 6.04 Å². The third kappa shape index (κ3) is 3.94. The quantitative estimate of drug-likeness (QED) is 0.734. The fraction of sp³-hybridized carbons (Fsp3) is 0.529. The third-order valence-corrected chi connectivity index (χ3v) is 5.57. The Hall–Kier alpha value is -0.950. The average Bonchev–Trinajstić information content (AvgIpc) is 2.94. The normalized spacial score (nSPS) is 20.8. The number of carbonyl (C=O) groups excluding carboxylic acids is 1. The van der Waals surface area contributed by atoms with E-state index in [0.717, 1.165) is 11.3 Å². The molecule has 0 unspecified atom stereocenters. The number of thiocarbonyl (C=S) groups is 1. The van der Waals surface area contributed by atoms with E-state index in [1.165, 1.54) is 7.11 Å². The molecule has 1 heterocycles. The number of thioether (sulfide) groups is 1. The molecule has 1 aliphatic heterocycles. The number of amides is 1. The van der Waals surface area contributed by atoms with Crippen LogP contribution in [-0.4, -0.2) is 47.2 Å². The third-order valence-electron chi connectivity index (χ3n) is 4.07. The molecule has 1 saturated heterocycles. The van der Waals surface area contributed by atoms with Crippen molar-refractivity contribution in [1.82, 2.24) is 4.90 Å². The van der Waals surface area contributed by atoms with Crippen LogP contribution >= 0.6 is 24.0 Å². The minimum absolute atomic E-state index is 0.103. The Morgan fingerprint density at radius 2 is 1.91 bits per heavy atom. The number of hydrogen-bond donors (Lipinski definition) is 0. The largest absolute Gasteiger partial charge is 0.373 e. The van der Waals surface area contributed by atoms with Gasteiger partial charge >= 0.3 is 0 Å². The van der Waals surface area contributed by atoms with Gasteiger partial charge in [0.15, 0.2) is 6.10 Å². The lowest BCUT2D eigenvalue weighted by Crippen LogP contribution is -2.49. The first kappa shape index (κ1) is 18.4. The van der Waals surface area contributed by atoms with Crippen LogP contribution in [0.25, 0.3) is 0 Å². The van der Waals surface area contributed by atoms with Crippen molar-refractivity contribution in [3.05, 3.63) is 35.9 Å². The summed E-state index contributed by atoms with van der Waals surface area (Å²) in [6, 6.07) is 9.75. The zero-order chi connectivity index (χ0) is 17.0. The molecule has 0 aromatic heterocycles. The highest BCUT2D eigenvalue weighted by molar-refractivity contribution is 8.23. The summed E-state index contributed by atoms with van der Waals surface area (Å²) in [5, 5.41) is 0. The van der Waals surface area contributed by atoms with Crippen molar-refractivity contribution in [1.29, 1.82) is 0 Å². The molecule has 1 aromatic rings. The number of carbonyl (C=O) groups is 1. The number of benzene rings is 1. The van der Waals surface area contributed by atoms with E-state index < -0.39 is 12.2 Å². The second-order valence-corrected chi connectivity index (χ2v) is 7.47. The molecule has 0 N–H and O–H groups in total. The molecule has 1 aliphatic rings. The van der Waals surface area contributed by atoms with Gasteiger partial charge in [-0.05, 0) is 11.5 Å². The van der Waals surface area contributed by atoms with E-state index >= 15 is 0 Å². The van der Waals surface area contributed by atoms with E-state index in [4.69, 9.17) is 21.7 Å². The summed E-state index contributed by atoms with van der Waals surface area (Å²) in [7, 11) is 3.13. The first-order chi connectivity index (χ1) is 11.0. The molecule has 0 saturated carbocycles. The summed E-state index contributed by atoms with van der Waals surface area (Å²) < 4.78 is 11.7. The SMILES string of the molecule is CO[C@H](c1ccccc1)[C@@H](OC)C(=O)N1C(=S)SC[C@@H]1C(C)C. The standard InChI is InChI=1S/C17H23NO3S2/c1-11(2)13-10-23-17(22)18(13)16(19)15(21-4)14(20-3)12-8-6-5-7-9-12/h5-9,11,13-15H,10H2,1-4H3/t13-,14-,15-/m1/s1. The molecule has 1 aromatic carbocycles. The Bertz CT molecular complexity index is 550. The molecular formula is C17H23NO3S2. The summed E-state index contributed by atoms with van der Waals surface area (Å²) in [5.74, 6) is 1.04. The van der Waals surface area contributed by atoms with Gasteiger partial charge < -0.3 is 9.47 Å². The minimum atomic E-state index is -0.722. The highest BCUT2D eigenvalue weighted by atomic mass is 32.2. The Balaban J connectivity index is 2.28. The van der Waals surface area contributed by atoms with Gasteiger partial charge in [0.25, 0.3) is 5.91 Å². The monoisotopic (exact) mass is 353 g/mol. The molecule has 2 rings (SSSR count).